The zero-order valence-corrected chi connectivity index (χ0v) is 17.8. The van der Waals surface area contributed by atoms with Crippen molar-refractivity contribution >= 4 is 11.6 Å². The van der Waals surface area contributed by atoms with Gasteiger partial charge < -0.3 is 14.8 Å². The van der Waals surface area contributed by atoms with E-state index in [0.717, 1.165) is 17.8 Å². The Morgan fingerprint density at radius 3 is 2.70 bits per heavy atom. The van der Waals surface area contributed by atoms with E-state index in [-0.39, 0.29) is 17.2 Å². The molecule has 2 aromatic rings. The quantitative estimate of drug-likeness (QED) is 0.734. The van der Waals surface area contributed by atoms with E-state index in [1.807, 2.05) is 24.4 Å². The molecule has 1 N–H and O–H groups in total. The largest absolute Gasteiger partial charge is 0.496 e. The Morgan fingerprint density at radius 2 is 2.00 bits per heavy atom. The maximum Gasteiger partial charge on any atom is 0.156 e. The SMILES string of the molecule is COC1=C(OC)C(C(=O)CCc2ccc(C3(C)Cc4cccnc4N3)cc2)CC=C1. The minimum atomic E-state index is -0.262. The fraction of sp³-hybridized carbons (Fsp3) is 0.360. The number of rotatable bonds is 7. The Balaban J connectivity index is 1.39. The number of aryl methyl sites for hydroxylation is 1. The average molecular weight is 405 g/mol. The van der Waals surface area contributed by atoms with Gasteiger partial charge in [-0.25, -0.2) is 4.98 Å². The first-order chi connectivity index (χ1) is 14.5. The normalized spacial score (nSPS) is 22.4. The van der Waals surface area contributed by atoms with Crippen LogP contribution in [0.5, 0.6) is 0 Å². The zero-order chi connectivity index (χ0) is 21.1. The third kappa shape index (κ3) is 3.84. The number of ketones is 1. The van der Waals surface area contributed by atoms with E-state index in [1.165, 1.54) is 11.1 Å². The number of Topliss-reactive ketones (excluding diaryl/α,β-unsaturated/α-hetero) is 1. The minimum Gasteiger partial charge on any atom is -0.496 e. The van der Waals surface area contributed by atoms with Crippen LogP contribution in [0.1, 0.15) is 36.5 Å². The maximum atomic E-state index is 12.8. The van der Waals surface area contributed by atoms with Crippen LogP contribution in [-0.2, 0) is 32.6 Å². The molecule has 0 saturated carbocycles. The molecule has 2 unspecified atom stereocenters. The lowest BCUT2D eigenvalue weighted by molar-refractivity contribution is -0.122. The van der Waals surface area contributed by atoms with Crippen LogP contribution in [0.3, 0.4) is 0 Å². The summed E-state index contributed by atoms with van der Waals surface area (Å²) >= 11 is 0. The van der Waals surface area contributed by atoms with Crippen LogP contribution >= 0.6 is 0 Å². The van der Waals surface area contributed by atoms with Crippen molar-refractivity contribution in [2.24, 2.45) is 5.92 Å². The number of nitrogens with one attached hydrogen (secondary N) is 1. The monoisotopic (exact) mass is 404 g/mol. The summed E-state index contributed by atoms with van der Waals surface area (Å²) in [6.45, 7) is 2.20. The summed E-state index contributed by atoms with van der Waals surface area (Å²) in [4.78, 5) is 17.3. The van der Waals surface area contributed by atoms with Gasteiger partial charge in [-0.2, -0.15) is 0 Å². The molecule has 1 aromatic heterocycles. The number of anilines is 1. The molecular weight excluding hydrogens is 376 g/mol. The minimum absolute atomic E-state index is 0.159. The van der Waals surface area contributed by atoms with Crippen LogP contribution in [0.25, 0.3) is 0 Å². The predicted octanol–water partition coefficient (Wildman–Crippen LogP) is 4.55. The number of nitrogens with zero attached hydrogens (tertiary/aromatic N) is 1. The van der Waals surface area contributed by atoms with Gasteiger partial charge in [-0.05, 0) is 48.6 Å². The number of ether oxygens (including phenoxy) is 2. The van der Waals surface area contributed by atoms with Gasteiger partial charge in [-0.3, -0.25) is 4.79 Å². The fourth-order valence-corrected chi connectivity index (χ4v) is 4.40. The molecule has 2 heterocycles. The Labute approximate surface area is 177 Å². The lowest BCUT2D eigenvalue weighted by atomic mass is 9.87. The summed E-state index contributed by atoms with van der Waals surface area (Å²) in [5.41, 5.74) is 3.47. The van der Waals surface area contributed by atoms with E-state index in [1.54, 1.807) is 14.2 Å². The van der Waals surface area contributed by atoms with E-state index >= 15 is 0 Å². The highest BCUT2D eigenvalue weighted by molar-refractivity contribution is 5.84. The highest BCUT2D eigenvalue weighted by atomic mass is 16.5. The van der Waals surface area contributed by atoms with E-state index in [4.69, 9.17) is 9.47 Å². The smallest absolute Gasteiger partial charge is 0.156 e. The van der Waals surface area contributed by atoms with Crippen molar-refractivity contribution in [3.05, 3.63) is 83.0 Å². The van der Waals surface area contributed by atoms with E-state index in [9.17, 15) is 4.79 Å². The predicted molar refractivity (Wildman–Crippen MR) is 117 cm³/mol. The molecule has 5 heteroatoms. The summed E-state index contributed by atoms with van der Waals surface area (Å²) in [5, 5.41) is 3.56. The molecule has 1 aliphatic heterocycles. The third-order valence-corrected chi connectivity index (χ3v) is 6.11. The van der Waals surface area contributed by atoms with Crippen LogP contribution in [0.4, 0.5) is 5.82 Å². The zero-order valence-electron chi connectivity index (χ0n) is 17.8. The second kappa shape index (κ2) is 8.34. The Hall–Kier alpha value is -3.08. The van der Waals surface area contributed by atoms with Crippen LogP contribution in [0.2, 0.25) is 0 Å². The number of fused-ring (bicyclic) bond motifs is 1. The number of hydrogen-bond donors (Lipinski definition) is 1. The molecule has 156 valence electrons. The van der Waals surface area contributed by atoms with Gasteiger partial charge in [0.25, 0.3) is 0 Å². The Morgan fingerprint density at radius 1 is 1.20 bits per heavy atom. The number of carbonyl (C=O) groups is 1. The summed E-state index contributed by atoms with van der Waals surface area (Å²) < 4.78 is 10.8. The molecule has 5 nitrogen and oxygen atoms in total. The Bertz CT molecular complexity index is 967. The highest BCUT2D eigenvalue weighted by Gasteiger charge is 2.34. The molecule has 0 fully saturated rings. The molecule has 0 radical (unpaired) electrons. The molecule has 4 rings (SSSR count). The lowest BCUT2D eigenvalue weighted by Gasteiger charge is -2.26. The number of benzene rings is 1. The van der Waals surface area contributed by atoms with E-state index in [0.29, 0.717) is 30.8 Å². The van der Waals surface area contributed by atoms with Gasteiger partial charge >= 0.3 is 0 Å². The van der Waals surface area contributed by atoms with Gasteiger partial charge in [0.1, 0.15) is 17.4 Å². The van der Waals surface area contributed by atoms with Crippen molar-refractivity contribution in [2.45, 2.75) is 38.1 Å². The fourth-order valence-electron chi connectivity index (χ4n) is 4.40. The van der Waals surface area contributed by atoms with Crippen molar-refractivity contribution in [1.29, 1.82) is 0 Å². The van der Waals surface area contributed by atoms with Crippen LogP contribution < -0.4 is 5.32 Å². The molecule has 2 aliphatic rings. The first-order valence-corrected chi connectivity index (χ1v) is 10.4. The molecular formula is C25H28N2O3. The van der Waals surface area contributed by atoms with Gasteiger partial charge in [0.15, 0.2) is 5.76 Å². The first kappa shape index (κ1) is 20.2. The first-order valence-electron chi connectivity index (χ1n) is 10.4. The number of allylic oxidation sites excluding steroid dienone is 3. The van der Waals surface area contributed by atoms with Crippen molar-refractivity contribution in [3.8, 4) is 0 Å². The maximum absolute atomic E-state index is 12.8. The van der Waals surface area contributed by atoms with Gasteiger partial charge in [0.05, 0.1) is 25.7 Å². The Kier molecular flexibility index (Phi) is 5.62. The summed E-state index contributed by atoms with van der Waals surface area (Å²) in [5.74, 6) is 2.16. The van der Waals surface area contributed by atoms with Crippen molar-refractivity contribution in [3.63, 3.8) is 0 Å². The van der Waals surface area contributed by atoms with Crippen molar-refractivity contribution in [2.75, 3.05) is 19.5 Å². The van der Waals surface area contributed by atoms with Crippen LogP contribution in [0, 0.1) is 5.92 Å². The lowest BCUT2D eigenvalue weighted by Crippen LogP contribution is -2.29. The number of pyridine rings is 1. The molecule has 1 aliphatic carbocycles. The molecule has 0 spiro atoms. The summed E-state index contributed by atoms with van der Waals surface area (Å²) in [6.07, 6.45) is 8.42. The number of hydrogen-bond acceptors (Lipinski definition) is 5. The van der Waals surface area contributed by atoms with Crippen LogP contribution in [0.15, 0.2) is 66.3 Å². The van der Waals surface area contributed by atoms with Gasteiger partial charge in [0, 0.05) is 19.0 Å². The molecule has 2 atom stereocenters. The second-order valence-electron chi connectivity index (χ2n) is 8.14. The topological polar surface area (TPSA) is 60.5 Å². The van der Waals surface area contributed by atoms with Crippen molar-refractivity contribution < 1.29 is 14.3 Å². The average Bonchev–Trinajstić information content (AvgIpc) is 3.14. The summed E-state index contributed by atoms with van der Waals surface area (Å²) in [7, 11) is 3.19. The second-order valence-corrected chi connectivity index (χ2v) is 8.14. The molecule has 0 bridgehead atoms. The molecule has 0 saturated heterocycles. The van der Waals surface area contributed by atoms with Crippen molar-refractivity contribution in [1.82, 2.24) is 4.98 Å². The van der Waals surface area contributed by atoms with Gasteiger partial charge in [0.2, 0.25) is 0 Å². The van der Waals surface area contributed by atoms with E-state index < -0.39 is 0 Å². The number of methoxy groups -OCH3 is 2. The third-order valence-electron chi connectivity index (χ3n) is 6.11. The molecule has 30 heavy (non-hydrogen) atoms. The van der Waals surface area contributed by atoms with E-state index in [2.05, 4.69) is 47.6 Å². The molecule has 0 amide bonds. The summed E-state index contributed by atoms with van der Waals surface area (Å²) in [6, 6.07) is 12.7. The molecule has 1 aromatic carbocycles. The number of aromatic nitrogens is 1. The van der Waals surface area contributed by atoms with Gasteiger partial charge in [-0.1, -0.05) is 36.4 Å². The number of carbonyl (C=O) groups excluding carboxylic acids is 1. The van der Waals surface area contributed by atoms with Gasteiger partial charge in [-0.15, -0.1) is 0 Å². The highest BCUT2D eigenvalue weighted by Crippen LogP contribution is 2.37. The van der Waals surface area contributed by atoms with Crippen LogP contribution in [-0.4, -0.2) is 25.0 Å². The standard InChI is InChI=1S/C25H28N2O3/c1-25(16-18-6-5-15-26-24(18)27-25)19-12-9-17(10-13-19)11-14-21(28)20-7-4-8-22(29-2)23(20)30-3/h4-6,8-10,12-13,15,20H,7,11,14,16H2,1-3H3,(H,26,27).